The molecule has 1 heterocycles. The highest BCUT2D eigenvalue weighted by molar-refractivity contribution is 5.95. The largest absolute Gasteiger partial charge is 0.497 e. The van der Waals surface area contributed by atoms with Crippen molar-refractivity contribution < 1.29 is 14.3 Å². The molecule has 1 saturated carbocycles. The van der Waals surface area contributed by atoms with Crippen molar-refractivity contribution in [2.45, 2.75) is 51.5 Å². The van der Waals surface area contributed by atoms with E-state index in [4.69, 9.17) is 4.74 Å². The third kappa shape index (κ3) is 5.61. The molecule has 1 saturated heterocycles. The predicted octanol–water partition coefficient (Wildman–Crippen LogP) is 4.77. The fraction of sp³-hybridized carbons (Fsp3) is 0.500. The predicted molar refractivity (Wildman–Crippen MR) is 135 cm³/mol. The molecular formula is C28H37N3O3. The van der Waals surface area contributed by atoms with E-state index in [2.05, 4.69) is 36.2 Å². The highest BCUT2D eigenvalue weighted by Gasteiger charge is 2.37. The van der Waals surface area contributed by atoms with Crippen LogP contribution in [0.4, 0.5) is 5.69 Å². The van der Waals surface area contributed by atoms with E-state index in [0.29, 0.717) is 43.6 Å². The maximum absolute atomic E-state index is 13.5. The number of methoxy groups -OCH3 is 1. The van der Waals surface area contributed by atoms with Gasteiger partial charge >= 0.3 is 0 Å². The van der Waals surface area contributed by atoms with Crippen molar-refractivity contribution in [3.05, 3.63) is 59.7 Å². The molecule has 1 unspecified atom stereocenters. The average Bonchev–Trinajstić information content (AvgIpc) is 3.39. The Morgan fingerprint density at radius 1 is 0.912 bits per heavy atom. The summed E-state index contributed by atoms with van der Waals surface area (Å²) in [6.07, 6.45) is 4.56. The van der Waals surface area contributed by atoms with Crippen molar-refractivity contribution in [1.82, 2.24) is 9.80 Å². The normalized spacial score (nSPS) is 18.2. The standard InChI is InChI=1S/C28H37N3O3/c1-20(2)21-8-12-24(13-9-21)29-27(32)26(22-6-4-5-7-22)30-16-18-31(19-17-30)28(33)23-10-14-25(34-3)15-11-23/h8-15,20,22,26H,4-7,16-19H2,1-3H3,(H,29,32). The van der Waals surface area contributed by atoms with Crippen molar-refractivity contribution in [2.24, 2.45) is 5.92 Å². The molecule has 34 heavy (non-hydrogen) atoms. The third-order valence-corrected chi connectivity index (χ3v) is 7.29. The van der Waals surface area contributed by atoms with Crippen LogP contribution >= 0.6 is 0 Å². The molecule has 0 radical (unpaired) electrons. The van der Waals surface area contributed by atoms with Crippen LogP contribution in [-0.4, -0.2) is 60.9 Å². The second-order valence-corrected chi connectivity index (χ2v) is 9.81. The molecule has 182 valence electrons. The molecule has 2 aromatic carbocycles. The summed E-state index contributed by atoms with van der Waals surface area (Å²) in [7, 11) is 1.62. The van der Waals surface area contributed by atoms with Gasteiger partial charge in [0.15, 0.2) is 0 Å². The maximum Gasteiger partial charge on any atom is 0.253 e. The van der Waals surface area contributed by atoms with Crippen LogP contribution in [0.3, 0.4) is 0 Å². The summed E-state index contributed by atoms with van der Waals surface area (Å²) in [4.78, 5) is 30.6. The molecule has 6 heteroatoms. The van der Waals surface area contributed by atoms with Crippen LogP contribution in [0.15, 0.2) is 48.5 Å². The highest BCUT2D eigenvalue weighted by atomic mass is 16.5. The molecule has 0 bridgehead atoms. The number of nitrogens with one attached hydrogen (secondary N) is 1. The van der Waals surface area contributed by atoms with Gasteiger partial charge in [-0.15, -0.1) is 0 Å². The van der Waals surface area contributed by atoms with E-state index in [0.717, 1.165) is 24.3 Å². The van der Waals surface area contributed by atoms with E-state index >= 15 is 0 Å². The van der Waals surface area contributed by atoms with Crippen LogP contribution < -0.4 is 10.1 Å². The Morgan fingerprint density at radius 2 is 1.53 bits per heavy atom. The van der Waals surface area contributed by atoms with Gasteiger partial charge in [0.25, 0.3) is 5.91 Å². The second-order valence-electron chi connectivity index (χ2n) is 9.81. The minimum atomic E-state index is -0.148. The fourth-order valence-corrected chi connectivity index (χ4v) is 5.24. The molecular weight excluding hydrogens is 426 g/mol. The van der Waals surface area contributed by atoms with E-state index < -0.39 is 0 Å². The van der Waals surface area contributed by atoms with Gasteiger partial charge in [-0.1, -0.05) is 38.8 Å². The first-order chi connectivity index (χ1) is 16.5. The van der Waals surface area contributed by atoms with E-state index in [1.807, 2.05) is 41.3 Å². The number of rotatable bonds is 7. The number of carbonyl (C=O) groups is 2. The number of amides is 2. The Balaban J connectivity index is 1.40. The lowest BCUT2D eigenvalue weighted by Gasteiger charge is -2.40. The molecule has 1 aliphatic heterocycles. The topological polar surface area (TPSA) is 61.9 Å². The van der Waals surface area contributed by atoms with Crippen LogP contribution in [-0.2, 0) is 4.79 Å². The van der Waals surface area contributed by atoms with Crippen molar-refractivity contribution in [1.29, 1.82) is 0 Å². The number of nitrogens with zero attached hydrogens (tertiary/aromatic N) is 2. The molecule has 1 aliphatic carbocycles. The van der Waals surface area contributed by atoms with E-state index in [9.17, 15) is 9.59 Å². The summed E-state index contributed by atoms with van der Waals surface area (Å²) in [5.41, 5.74) is 2.79. The lowest BCUT2D eigenvalue weighted by atomic mass is 9.94. The molecule has 4 rings (SSSR count). The zero-order valence-corrected chi connectivity index (χ0v) is 20.6. The number of benzene rings is 2. The number of anilines is 1. The zero-order chi connectivity index (χ0) is 24.1. The van der Waals surface area contributed by atoms with E-state index in [1.54, 1.807) is 7.11 Å². The van der Waals surface area contributed by atoms with Crippen LogP contribution in [0.25, 0.3) is 0 Å². The Labute approximate surface area is 203 Å². The molecule has 2 aliphatic rings. The molecule has 1 N–H and O–H groups in total. The number of hydrogen-bond acceptors (Lipinski definition) is 4. The summed E-state index contributed by atoms with van der Waals surface area (Å²) >= 11 is 0. The zero-order valence-electron chi connectivity index (χ0n) is 20.6. The Hall–Kier alpha value is -2.86. The molecule has 0 aromatic heterocycles. The van der Waals surface area contributed by atoms with Crippen molar-refractivity contribution in [3.63, 3.8) is 0 Å². The summed E-state index contributed by atoms with van der Waals surface area (Å²) in [6, 6.07) is 15.3. The monoisotopic (exact) mass is 463 g/mol. The second kappa shape index (κ2) is 11.0. The molecule has 2 amide bonds. The fourth-order valence-electron chi connectivity index (χ4n) is 5.24. The van der Waals surface area contributed by atoms with Gasteiger partial charge in [-0.2, -0.15) is 0 Å². The van der Waals surface area contributed by atoms with Gasteiger partial charge in [-0.3, -0.25) is 14.5 Å². The van der Waals surface area contributed by atoms with Gasteiger partial charge in [0, 0.05) is 37.4 Å². The summed E-state index contributed by atoms with van der Waals surface area (Å²) < 4.78 is 5.20. The minimum Gasteiger partial charge on any atom is -0.497 e. The Morgan fingerprint density at radius 3 is 2.09 bits per heavy atom. The van der Waals surface area contributed by atoms with Crippen molar-refractivity contribution in [3.8, 4) is 5.75 Å². The summed E-state index contributed by atoms with van der Waals surface area (Å²) in [6.45, 7) is 7.02. The average molecular weight is 464 g/mol. The van der Waals surface area contributed by atoms with Gasteiger partial charge in [0.05, 0.1) is 13.2 Å². The van der Waals surface area contributed by atoms with E-state index in [1.165, 1.54) is 18.4 Å². The molecule has 6 nitrogen and oxygen atoms in total. The Kier molecular flexibility index (Phi) is 7.88. The molecule has 0 spiro atoms. The minimum absolute atomic E-state index is 0.0365. The first kappa shape index (κ1) is 24.3. The number of ether oxygens (including phenoxy) is 1. The third-order valence-electron chi connectivity index (χ3n) is 7.29. The van der Waals surface area contributed by atoms with Crippen LogP contribution in [0.1, 0.15) is 61.4 Å². The summed E-state index contributed by atoms with van der Waals surface area (Å²) in [5, 5.41) is 3.18. The molecule has 2 aromatic rings. The van der Waals surface area contributed by atoms with Gasteiger partial charge < -0.3 is 15.0 Å². The van der Waals surface area contributed by atoms with Gasteiger partial charge in [0.1, 0.15) is 5.75 Å². The highest BCUT2D eigenvalue weighted by Crippen LogP contribution is 2.32. The maximum atomic E-state index is 13.5. The Bertz CT molecular complexity index is 957. The quantitative estimate of drug-likeness (QED) is 0.642. The number of carbonyl (C=O) groups excluding carboxylic acids is 2. The summed E-state index contributed by atoms with van der Waals surface area (Å²) in [5.74, 6) is 1.70. The first-order valence-corrected chi connectivity index (χ1v) is 12.5. The SMILES string of the molecule is COc1ccc(C(=O)N2CCN(C(C(=O)Nc3ccc(C(C)C)cc3)C3CCCC3)CC2)cc1. The van der Waals surface area contributed by atoms with Gasteiger partial charge in [-0.05, 0) is 66.6 Å². The smallest absolute Gasteiger partial charge is 0.253 e. The number of piperazine rings is 1. The molecule has 2 fully saturated rings. The van der Waals surface area contributed by atoms with Crippen LogP contribution in [0.2, 0.25) is 0 Å². The van der Waals surface area contributed by atoms with E-state index in [-0.39, 0.29) is 17.9 Å². The van der Waals surface area contributed by atoms with Gasteiger partial charge in [-0.25, -0.2) is 0 Å². The van der Waals surface area contributed by atoms with Gasteiger partial charge in [0.2, 0.25) is 5.91 Å². The molecule has 1 atom stereocenters. The van der Waals surface area contributed by atoms with Crippen LogP contribution in [0, 0.1) is 5.92 Å². The van der Waals surface area contributed by atoms with Crippen molar-refractivity contribution in [2.75, 3.05) is 38.6 Å². The first-order valence-electron chi connectivity index (χ1n) is 12.5. The lowest BCUT2D eigenvalue weighted by molar-refractivity contribution is -0.123. The van der Waals surface area contributed by atoms with Crippen LogP contribution in [0.5, 0.6) is 5.75 Å². The number of hydrogen-bond donors (Lipinski definition) is 1. The lowest BCUT2D eigenvalue weighted by Crippen LogP contribution is -2.56. The van der Waals surface area contributed by atoms with Crippen molar-refractivity contribution >= 4 is 17.5 Å².